The Kier molecular flexibility index (Phi) is 5.48. The quantitative estimate of drug-likeness (QED) is 0.635. The largest absolute Gasteiger partial charge is 0.477 e. The van der Waals surface area contributed by atoms with Gasteiger partial charge in [-0.1, -0.05) is 49.4 Å². The van der Waals surface area contributed by atoms with E-state index in [4.69, 9.17) is 0 Å². The number of rotatable bonds is 6. The average Bonchev–Trinajstić information content (AvgIpc) is 3.05. The van der Waals surface area contributed by atoms with Crippen molar-refractivity contribution >= 4 is 27.1 Å². The molecular formula is C21H20O4S2. The van der Waals surface area contributed by atoms with Crippen molar-refractivity contribution in [3.63, 3.8) is 0 Å². The predicted molar refractivity (Wildman–Crippen MR) is 108 cm³/mol. The van der Waals surface area contributed by atoms with Gasteiger partial charge in [0.2, 0.25) is 0 Å². The molecule has 0 saturated heterocycles. The zero-order valence-electron chi connectivity index (χ0n) is 15.1. The van der Waals surface area contributed by atoms with Gasteiger partial charge in [-0.3, -0.25) is 0 Å². The monoisotopic (exact) mass is 400 g/mol. The number of carboxylic acid groups (broad SMARTS) is 1. The summed E-state index contributed by atoms with van der Waals surface area (Å²) in [4.78, 5) is 12.7. The third-order valence-electron chi connectivity index (χ3n) is 4.42. The topological polar surface area (TPSA) is 71.4 Å². The van der Waals surface area contributed by atoms with Crippen LogP contribution in [0.15, 0.2) is 59.5 Å². The van der Waals surface area contributed by atoms with Crippen molar-refractivity contribution in [2.75, 3.05) is 0 Å². The summed E-state index contributed by atoms with van der Waals surface area (Å²) in [7, 11) is -3.64. The molecule has 0 amide bonds. The van der Waals surface area contributed by atoms with Crippen LogP contribution in [-0.4, -0.2) is 19.5 Å². The van der Waals surface area contributed by atoms with Crippen LogP contribution in [0.3, 0.4) is 0 Å². The highest BCUT2D eigenvalue weighted by Gasteiger charge is 2.24. The highest BCUT2D eigenvalue weighted by Crippen LogP contribution is 2.34. The molecule has 0 atom stereocenters. The Morgan fingerprint density at radius 1 is 1.07 bits per heavy atom. The second-order valence-corrected chi connectivity index (χ2v) is 9.36. The highest BCUT2D eigenvalue weighted by atomic mass is 32.2. The molecule has 6 heteroatoms. The van der Waals surface area contributed by atoms with E-state index in [0.29, 0.717) is 11.1 Å². The Hall–Kier alpha value is -2.44. The van der Waals surface area contributed by atoms with Crippen molar-refractivity contribution in [3.8, 4) is 10.4 Å². The molecule has 0 aliphatic rings. The SMILES string of the molecule is CCc1ccc(-c2cc(CS(=O)(=O)c3ccccc3C)c(C(=O)O)s2)cc1. The van der Waals surface area contributed by atoms with Gasteiger partial charge >= 0.3 is 5.97 Å². The minimum absolute atomic E-state index is 0.0710. The number of thiophene rings is 1. The summed E-state index contributed by atoms with van der Waals surface area (Å²) in [6.07, 6.45) is 0.922. The first kappa shape index (κ1) is 19.3. The Morgan fingerprint density at radius 2 is 1.74 bits per heavy atom. The van der Waals surface area contributed by atoms with E-state index in [1.54, 1.807) is 37.3 Å². The molecule has 0 bridgehead atoms. The molecule has 0 radical (unpaired) electrons. The molecule has 1 N–H and O–H groups in total. The van der Waals surface area contributed by atoms with Crippen molar-refractivity contribution in [2.45, 2.75) is 30.9 Å². The molecule has 0 aliphatic carbocycles. The fourth-order valence-electron chi connectivity index (χ4n) is 2.95. The van der Waals surface area contributed by atoms with Crippen LogP contribution in [-0.2, 0) is 22.0 Å². The highest BCUT2D eigenvalue weighted by molar-refractivity contribution is 7.90. The van der Waals surface area contributed by atoms with E-state index < -0.39 is 15.8 Å². The Morgan fingerprint density at radius 3 is 2.33 bits per heavy atom. The van der Waals surface area contributed by atoms with Gasteiger partial charge in [0.1, 0.15) is 4.88 Å². The van der Waals surface area contributed by atoms with E-state index >= 15 is 0 Å². The van der Waals surface area contributed by atoms with Crippen LogP contribution in [0.5, 0.6) is 0 Å². The number of carboxylic acids is 1. The molecule has 1 aromatic heterocycles. The summed E-state index contributed by atoms with van der Waals surface area (Å²) in [6.45, 7) is 3.80. The van der Waals surface area contributed by atoms with Crippen LogP contribution < -0.4 is 0 Å². The van der Waals surface area contributed by atoms with Gasteiger partial charge in [0.25, 0.3) is 0 Å². The number of benzene rings is 2. The standard InChI is InChI=1S/C21H20O4S2/c1-3-15-8-10-16(11-9-15)18-12-17(20(26-18)21(22)23)13-27(24,25)19-7-5-4-6-14(19)2/h4-12H,3,13H2,1-2H3,(H,22,23). The van der Waals surface area contributed by atoms with E-state index in [0.717, 1.165) is 28.2 Å². The van der Waals surface area contributed by atoms with Crippen LogP contribution >= 0.6 is 11.3 Å². The van der Waals surface area contributed by atoms with Crippen molar-refractivity contribution < 1.29 is 18.3 Å². The van der Waals surface area contributed by atoms with Gasteiger partial charge in [0.15, 0.2) is 9.84 Å². The van der Waals surface area contributed by atoms with Gasteiger partial charge in [0.05, 0.1) is 10.6 Å². The van der Waals surface area contributed by atoms with Gasteiger partial charge in [-0.2, -0.15) is 0 Å². The molecule has 0 aliphatic heterocycles. The summed E-state index contributed by atoms with van der Waals surface area (Å²) < 4.78 is 25.7. The predicted octanol–water partition coefficient (Wildman–Crippen LogP) is 4.96. The molecule has 4 nitrogen and oxygen atoms in total. The minimum atomic E-state index is -3.64. The molecule has 0 unspecified atom stereocenters. The molecule has 140 valence electrons. The summed E-state index contributed by atoms with van der Waals surface area (Å²) in [5.74, 6) is -1.44. The zero-order valence-corrected chi connectivity index (χ0v) is 16.7. The van der Waals surface area contributed by atoms with Gasteiger partial charge < -0.3 is 5.11 Å². The maximum atomic E-state index is 12.8. The maximum absolute atomic E-state index is 12.8. The zero-order chi connectivity index (χ0) is 19.6. The summed E-state index contributed by atoms with van der Waals surface area (Å²) >= 11 is 1.11. The van der Waals surface area contributed by atoms with Crippen molar-refractivity contribution in [1.82, 2.24) is 0 Å². The molecular weight excluding hydrogens is 380 g/mol. The summed E-state index contributed by atoms with van der Waals surface area (Å²) in [6, 6.07) is 16.3. The van der Waals surface area contributed by atoms with Crippen LogP contribution in [0.4, 0.5) is 0 Å². The first-order valence-electron chi connectivity index (χ1n) is 8.55. The molecule has 0 spiro atoms. The molecule has 1 heterocycles. The van der Waals surface area contributed by atoms with Gasteiger partial charge in [-0.25, -0.2) is 13.2 Å². The average molecular weight is 401 g/mol. The number of sulfone groups is 1. The molecule has 0 saturated carbocycles. The van der Waals surface area contributed by atoms with Gasteiger partial charge in [-0.15, -0.1) is 11.3 Å². The molecule has 27 heavy (non-hydrogen) atoms. The molecule has 2 aromatic carbocycles. The first-order chi connectivity index (χ1) is 12.8. The second-order valence-electron chi connectivity index (χ2n) is 6.35. The molecule has 0 fully saturated rings. The number of hydrogen-bond acceptors (Lipinski definition) is 4. The maximum Gasteiger partial charge on any atom is 0.346 e. The van der Waals surface area contributed by atoms with Crippen LogP contribution in [0.25, 0.3) is 10.4 Å². The van der Waals surface area contributed by atoms with Crippen molar-refractivity contribution in [3.05, 3.63) is 76.2 Å². The summed E-state index contributed by atoms with van der Waals surface area (Å²) in [5, 5.41) is 9.55. The van der Waals surface area contributed by atoms with Crippen LogP contribution in [0.1, 0.15) is 33.3 Å². The summed E-state index contributed by atoms with van der Waals surface area (Å²) in [5.41, 5.74) is 3.06. The lowest BCUT2D eigenvalue weighted by Crippen LogP contribution is -2.08. The van der Waals surface area contributed by atoms with Gasteiger partial charge in [-0.05, 0) is 47.7 Å². The van der Waals surface area contributed by atoms with Crippen LogP contribution in [0, 0.1) is 6.92 Å². The lowest BCUT2D eigenvalue weighted by molar-refractivity contribution is 0.0701. The van der Waals surface area contributed by atoms with E-state index in [2.05, 4.69) is 6.92 Å². The van der Waals surface area contributed by atoms with E-state index in [1.165, 1.54) is 5.56 Å². The number of hydrogen-bond donors (Lipinski definition) is 1. The van der Waals surface area contributed by atoms with E-state index in [1.807, 2.05) is 24.3 Å². The van der Waals surface area contributed by atoms with Crippen molar-refractivity contribution in [1.29, 1.82) is 0 Å². The fraction of sp³-hybridized carbons (Fsp3) is 0.190. The Bertz CT molecular complexity index is 1080. The molecule has 3 aromatic rings. The first-order valence-corrected chi connectivity index (χ1v) is 11.0. The van der Waals surface area contributed by atoms with Gasteiger partial charge in [0, 0.05) is 4.88 Å². The Balaban J connectivity index is 2.01. The normalized spacial score (nSPS) is 11.5. The second kappa shape index (κ2) is 7.66. The van der Waals surface area contributed by atoms with Crippen LogP contribution in [0.2, 0.25) is 0 Å². The minimum Gasteiger partial charge on any atom is -0.477 e. The third-order valence-corrected chi connectivity index (χ3v) is 7.46. The fourth-order valence-corrected chi connectivity index (χ4v) is 5.70. The number of aryl methyl sites for hydroxylation is 2. The molecule has 3 rings (SSSR count). The number of aromatic carboxylic acids is 1. The smallest absolute Gasteiger partial charge is 0.346 e. The van der Waals surface area contributed by atoms with E-state index in [-0.39, 0.29) is 15.5 Å². The third kappa shape index (κ3) is 4.12. The Labute approximate surface area is 163 Å². The number of carbonyl (C=O) groups is 1. The van der Waals surface area contributed by atoms with Crippen molar-refractivity contribution in [2.24, 2.45) is 0 Å². The lowest BCUT2D eigenvalue weighted by Gasteiger charge is -2.07. The van der Waals surface area contributed by atoms with E-state index in [9.17, 15) is 18.3 Å². The lowest BCUT2D eigenvalue weighted by atomic mass is 10.1.